The van der Waals surface area contributed by atoms with Gasteiger partial charge < -0.3 is 11.1 Å². The Hall–Kier alpha value is -0.650. The van der Waals surface area contributed by atoms with Crippen molar-refractivity contribution in [2.24, 2.45) is 11.7 Å². The minimum atomic E-state index is -0.186. The number of nitrogens with two attached hydrogens (primary N) is 1. The van der Waals surface area contributed by atoms with Crippen LogP contribution >= 0.6 is 23.7 Å². The SMILES string of the molecule is CC(N)C(C)C(=O)Nc1nc2c(s1)CCCCC2.Cl. The molecule has 0 saturated carbocycles. The Balaban J connectivity index is 0.00000180. The standard InChI is InChI=1S/C13H21N3OS.ClH/c1-8(9(2)14)12(17)16-13-15-10-6-4-3-5-7-11(10)18-13;/h8-9H,3-7,14H2,1-2H3,(H,15,16,17);1H. The van der Waals surface area contributed by atoms with Gasteiger partial charge in [-0.3, -0.25) is 4.79 Å². The van der Waals surface area contributed by atoms with Gasteiger partial charge in [0.25, 0.3) is 0 Å². The molecule has 2 atom stereocenters. The van der Waals surface area contributed by atoms with Gasteiger partial charge in [-0.2, -0.15) is 0 Å². The second kappa shape index (κ2) is 7.22. The van der Waals surface area contributed by atoms with Gasteiger partial charge in [-0.25, -0.2) is 4.98 Å². The molecule has 0 fully saturated rings. The summed E-state index contributed by atoms with van der Waals surface area (Å²) in [5, 5.41) is 3.62. The Bertz CT molecular complexity index is 410. The van der Waals surface area contributed by atoms with E-state index in [0.717, 1.165) is 18.0 Å². The highest BCUT2D eigenvalue weighted by Gasteiger charge is 2.20. The van der Waals surface area contributed by atoms with Crippen LogP contribution in [0.4, 0.5) is 5.13 Å². The zero-order chi connectivity index (χ0) is 13.1. The van der Waals surface area contributed by atoms with Gasteiger partial charge in [0.05, 0.1) is 11.6 Å². The number of nitrogens with one attached hydrogen (secondary N) is 1. The predicted molar refractivity (Wildman–Crippen MR) is 82.1 cm³/mol. The molecule has 1 aromatic rings. The molecule has 0 bridgehead atoms. The Morgan fingerprint density at radius 1 is 1.32 bits per heavy atom. The number of carbonyl (C=O) groups excluding carboxylic acids is 1. The van der Waals surface area contributed by atoms with E-state index in [1.807, 2.05) is 13.8 Å². The number of anilines is 1. The molecule has 1 aliphatic rings. The van der Waals surface area contributed by atoms with Crippen molar-refractivity contribution in [1.82, 2.24) is 4.98 Å². The van der Waals surface area contributed by atoms with E-state index in [4.69, 9.17) is 5.73 Å². The Morgan fingerprint density at radius 3 is 2.68 bits per heavy atom. The maximum Gasteiger partial charge on any atom is 0.230 e. The number of amides is 1. The molecule has 1 aromatic heterocycles. The molecular formula is C13H22ClN3OS. The third kappa shape index (κ3) is 4.16. The molecule has 3 N–H and O–H groups in total. The molecule has 1 aliphatic carbocycles. The number of hydrogen-bond donors (Lipinski definition) is 2. The highest BCUT2D eigenvalue weighted by Crippen LogP contribution is 2.29. The van der Waals surface area contributed by atoms with Crippen molar-refractivity contribution in [2.75, 3.05) is 5.32 Å². The number of aryl methyl sites for hydroxylation is 2. The summed E-state index contributed by atoms with van der Waals surface area (Å²) in [6.45, 7) is 3.69. The zero-order valence-electron chi connectivity index (χ0n) is 11.4. The molecule has 108 valence electrons. The summed E-state index contributed by atoms with van der Waals surface area (Å²) >= 11 is 1.62. The zero-order valence-corrected chi connectivity index (χ0v) is 13.1. The first-order chi connectivity index (χ1) is 8.58. The summed E-state index contributed by atoms with van der Waals surface area (Å²) in [4.78, 5) is 17.8. The highest BCUT2D eigenvalue weighted by molar-refractivity contribution is 7.15. The molecule has 1 amide bonds. The van der Waals surface area contributed by atoms with Gasteiger partial charge in [0.2, 0.25) is 5.91 Å². The van der Waals surface area contributed by atoms with E-state index in [9.17, 15) is 4.79 Å². The summed E-state index contributed by atoms with van der Waals surface area (Å²) in [6, 6.07) is -0.136. The maximum atomic E-state index is 11.9. The van der Waals surface area contributed by atoms with Crippen molar-refractivity contribution in [3.63, 3.8) is 0 Å². The first kappa shape index (κ1) is 16.4. The van der Waals surface area contributed by atoms with Crippen LogP contribution in [0, 0.1) is 5.92 Å². The lowest BCUT2D eigenvalue weighted by Crippen LogP contribution is -2.34. The monoisotopic (exact) mass is 303 g/mol. The van der Waals surface area contributed by atoms with Crippen molar-refractivity contribution < 1.29 is 4.79 Å². The largest absolute Gasteiger partial charge is 0.327 e. The number of nitrogens with zero attached hydrogens (tertiary/aromatic N) is 1. The van der Waals surface area contributed by atoms with Crippen LogP contribution in [0.1, 0.15) is 43.7 Å². The van der Waals surface area contributed by atoms with E-state index in [0.29, 0.717) is 0 Å². The molecule has 19 heavy (non-hydrogen) atoms. The lowest BCUT2D eigenvalue weighted by Gasteiger charge is -2.13. The first-order valence-corrected chi connectivity index (χ1v) is 7.44. The molecule has 2 rings (SSSR count). The fraction of sp³-hybridized carbons (Fsp3) is 0.692. The van der Waals surface area contributed by atoms with Crippen molar-refractivity contribution >= 4 is 34.8 Å². The molecule has 0 aromatic carbocycles. The third-order valence-electron chi connectivity index (χ3n) is 3.53. The minimum Gasteiger partial charge on any atom is -0.327 e. The summed E-state index contributed by atoms with van der Waals surface area (Å²) in [6.07, 6.45) is 5.88. The quantitative estimate of drug-likeness (QED) is 0.844. The van der Waals surface area contributed by atoms with Crippen molar-refractivity contribution in [2.45, 2.75) is 52.0 Å². The Labute approximate surface area is 124 Å². The fourth-order valence-corrected chi connectivity index (χ4v) is 3.09. The molecule has 4 nitrogen and oxygen atoms in total. The van der Waals surface area contributed by atoms with Crippen molar-refractivity contribution in [1.29, 1.82) is 0 Å². The lowest BCUT2D eigenvalue weighted by molar-refractivity contribution is -0.119. The van der Waals surface area contributed by atoms with Gasteiger partial charge in [-0.15, -0.1) is 23.7 Å². The maximum absolute atomic E-state index is 11.9. The van der Waals surface area contributed by atoms with E-state index in [-0.39, 0.29) is 30.3 Å². The van der Waals surface area contributed by atoms with Crippen LogP contribution < -0.4 is 11.1 Å². The average Bonchev–Trinajstić information content (AvgIpc) is 2.57. The van der Waals surface area contributed by atoms with Gasteiger partial charge in [0.1, 0.15) is 0 Å². The number of carbonyl (C=O) groups is 1. The van der Waals surface area contributed by atoms with E-state index in [2.05, 4.69) is 10.3 Å². The van der Waals surface area contributed by atoms with Crippen LogP contribution in [-0.2, 0) is 17.6 Å². The van der Waals surface area contributed by atoms with E-state index < -0.39 is 0 Å². The smallest absolute Gasteiger partial charge is 0.230 e. The van der Waals surface area contributed by atoms with Gasteiger partial charge in [-0.1, -0.05) is 13.3 Å². The second-order valence-corrected chi connectivity index (χ2v) is 6.17. The normalized spacial score (nSPS) is 17.6. The van der Waals surface area contributed by atoms with Crippen molar-refractivity contribution in [3.05, 3.63) is 10.6 Å². The van der Waals surface area contributed by atoms with Crippen LogP contribution in [0.5, 0.6) is 0 Å². The summed E-state index contributed by atoms with van der Waals surface area (Å²) in [5.41, 5.74) is 6.91. The van der Waals surface area contributed by atoms with E-state index >= 15 is 0 Å². The van der Waals surface area contributed by atoms with Crippen molar-refractivity contribution in [3.8, 4) is 0 Å². The van der Waals surface area contributed by atoms with Crippen LogP contribution in [-0.4, -0.2) is 16.9 Å². The topological polar surface area (TPSA) is 68.0 Å². The fourth-order valence-electron chi connectivity index (χ4n) is 2.04. The Kier molecular flexibility index (Phi) is 6.23. The molecular weight excluding hydrogens is 282 g/mol. The number of fused-ring (bicyclic) bond motifs is 1. The van der Waals surface area contributed by atoms with E-state index in [1.54, 1.807) is 11.3 Å². The molecule has 1 heterocycles. The summed E-state index contributed by atoms with van der Waals surface area (Å²) < 4.78 is 0. The summed E-state index contributed by atoms with van der Waals surface area (Å²) in [7, 11) is 0. The number of aromatic nitrogens is 1. The van der Waals surface area contributed by atoms with Crippen LogP contribution in [0.25, 0.3) is 0 Å². The number of rotatable bonds is 3. The molecule has 6 heteroatoms. The molecule has 0 aliphatic heterocycles. The first-order valence-electron chi connectivity index (χ1n) is 6.63. The molecule has 0 saturated heterocycles. The number of hydrogen-bond acceptors (Lipinski definition) is 4. The molecule has 2 unspecified atom stereocenters. The highest BCUT2D eigenvalue weighted by atomic mass is 35.5. The third-order valence-corrected chi connectivity index (χ3v) is 4.60. The predicted octanol–water partition coefficient (Wildman–Crippen LogP) is 2.76. The van der Waals surface area contributed by atoms with Gasteiger partial charge in [0.15, 0.2) is 5.13 Å². The lowest BCUT2D eigenvalue weighted by atomic mass is 10.0. The number of halogens is 1. The van der Waals surface area contributed by atoms with Gasteiger partial charge >= 0.3 is 0 Å². The van der Waals surface area contributed by atoms with E-state index in [1.165, 1.54) is 29.8 Å². The average molecular weight is 304 g/mol. The van der Waals surface area contributed by atoms with Gasteiger partial charge in [0, 0.05) is 10.9 Å². The summed E-state index contributed by atoms with van der Waals surface area (Å²) in [5.74, 6) is -0.220. The second-order valence-electron chi connectivity index (χ2n) is 5.09. The Morgan fingerprint density at radius 2 is 2.00 bits per heavy atom. The van der Waals surface area contributed by atoms with Gasteiger partial charge in [-0.05, 0) is 32.6 Å². The number of thiazole rings is 1. The minimum absolute atomic E-state index is 0. The molecule has 0 spiro atoms. The van der Waals surface area contributed by atoms with Crippen LogP contribution in [0.2, 0.25) is 0 Å². The van der Waals surface area contributed by atoms with Crippen LogP contribution in [0.15, 0.2) is 0 Å². The van der Waals surface area contributed by atoms with Crippen LogP contribution in [0.3, 0.4) is 0 Å². The molecule has 0 radical (unpaired) electrons.